The minimum atomic E-state index is 0.0947. The van der Waals surface area contributed by atoms with Gasteiger partial charge in [0.2, 0.25) is 0 Å². The normalized spacial score (nSPS) is 12.5. The van der Waals surface area contributed by atoms with E-state index in [2.05, 4.69) is 98.1 Å². The van der Waals surface area contributed by atoms with Gasteiger partial charge in [-0.3, -0.25) is 0 Å². The summed E-state index contributed by atoms with van der Waals surface area (Å²) < 4.78 is 8.60. The van der Waals surface area contributed by atoms with E-state index in [9.17, 15) is 0 Å². The third-order valence-electron chi connectivity index (χ3n) is 7.45. The number of rotatable bonds is 4. The van der Waals surface area contributed by atoms with Crippen molar-refractivity contribution in [3.63, 3.8) is 0 Å². The molecule has 0 bridgehead atoms. The van der Waals surface area contributed by atoms with Crippen LogP contribution in [0.3, 0.4) is 0 Å². The molecule has 6 rings (SSSR count). The van der Waals surface area contributed by atoms with E-state index in [0.717, 1.165) is 24.0 Å². The van der Waals surface area contributed by atoms with Gasteiger partial charge in [0.1, 0.15) is 11.2 Å². The largest absolute Gasteiger partial charge is 0.456 e. The maximum atomic E-state index is 6.03. The smallest absolute Gasteiger partial charge is 0.135 e. The molecule has 0 saturated heterocycles. The van der Waals surface area contributed by atoms with Crippen molar-refractivity contribution in [1.29, 1.82) is 0 Å². The number of hydrogen-bond donors (Lipinski definition) is 0. The maximum absolute atomic E-state index is 6.03. The first kappa shape index (κ1) is 19.2. The predicted octanol–water partition coefficient (Wildman–Crippen LogP) is 8.90. The SMILES string of the molecule is CCC(C)(CC)n1c2ccccc2c2cc(-c3ccc4oc5ccccc5c4c3)ccc21. The number of hydrogen-bond acceptors (Lipinski definition) is 1. The summed E-state index contributed by atoms with van der Waals surface area (Å²) in [6.07, 6.45) is 2.20. The third kappa shape index (κ3) is 2.65. The lowest BCUT2D eigenvalue weighted by atomic mass is 9.94. The maximum Gasteiger partial charge on any atom is 0.135 e. The van der Waals surface area contributed by atoms with Crippen LogP contribution in [-0.2, 0) is 5.54 Å². The second-order valence-electron chi connectivity index (χ2n) is 9.10. The fraction of sp³-hybridized carbons (Fsp3) is 0.200. The molecule has 2 heterocycles. The molecule has 2 nitrogen and oxygen atoms in total. The van der Waals surface area contributed by atoms with E-state index < -0.39 is 0 Å². The Kier molecular flexibility index (Phi) is 4.19. The Morgan fingerprint density at radius 3 is 2.00 bits per heavy atom. The number of nitrogens with zero attached hydrogens (tertiary/aromatic N) is 1. The highest BCUT2D eigenvalue weighted by atomic mass is 16.3. The van der Waals surface area contributed by atoms with Crippen molar-refractivity contribution in [1.82, 2.24) is 4.57 Å². The van der Waals surface area contributed by atoms with Gasteiger partial charge in [-0.1, -0.05) is 62.4 Å². The van der Waals surface area contributed by atoms with E-state index in [-0.39, 0.29) is 5.54 Å². The van der Waals surface area contributed by atoms with Gasteiger partial charge in [0.25, 0.3) is 0 Å². The lowest BCUT2D eigenvalue weighted by Gasteiger charge is -2.31. The van der Waals surface area contributed by atoms with Crippen molar-refractivity contribution in [3.05, 3.63) is 84.9 Å². The third-order valence-corrected chi connectivity index (χ3v) is 7.45. The van der Waals surface area contributed by atoms with E-state index in [0.29, 0.717) is 0 Å². The second-order valence-corrected chi connectivity index (χ2v) is 9.10. The van der Waals surface area contributed by atoms with Gasteiger partial charge in [0.15, 0.2) is 0 Å². The summed E-state index contributed by atoms with van der Waals surface area (Å²) in [4.78, 5) is 0. The van der Waals surface area contributed by atoms with Gasteiger partial charge in [-0.25, -0.2) is 0 Å². The zero-order chi connectivity index (χ0) is 21.9. The lowest BCUT2D eigenvalue weighted by molar-refractivity contribution is 0.313. The van der Waals surface area contributed by atoms with Crippen LogP contribution in [0.25, 0.3) is 54.9 Å². The topological polar surface area (TPSA) is 18.1 Å². The molecule has 2 aromatic heterocycles. The Morgan fingerprint density at radius 1 is 0.625 bits per heavy atom. The van der Waals surface area contributed by atoms with Crippen LogP contribution >= 0.6 is 0 Å². The molecule has 0 radical (unpaired) electrons. The van der Waals surface area contributed by atoms with Crippen molar-refractivity contribution in [3.8, 4) is 11.1 Å². The van der Waals surface area contributed by atoms with Crippen LogP contribution in [0.15, 0.2) is 89.3 Å². The molecule has 0 saturated carbocycles. The minimum absolute atomic E-state index is 0.0947. The Hall–Kier alpha value is -3.52. The van der Waals surface area contributed by atoms with Crippen LogP contribution in [0, 0.1) is 0 Å². The van der Waals surface area contributed by atoms with Crippen LogP contribution < -0.4 is 0 Å². The minimum Gasteiger partial charge on any atom is -0.456 e. The molecule has 4 aromatic carbocycles. The molecule has 0 fully saturated rings. The number of benzene rings is 4. The highest BCUT2D eigenvalue weighted by Crippen LogP contribution is 2.39. The molecule has 0 aliphatic rings. The zero-order valence-corrected chi connectivity index (χ0v) is 18.9. The summed E-state index contributed by atoms with van der Waals surface area (Å²) >= 11 is 0. The molecule has 6 aromatic rings. The van der Waals surface area contributed by atoms with Crippen LogP contribution in [-0.4, -0.2) is 4.57 Å². The van der Waals surface area contributed by atoms with Crippen LogP contribution in [0.5, 0.6) is 0 Å². The van der Waals surface area contributed by atoms with Crippen LogP contribution in [0.4, 0.5) is 0 Å². The first-order valence-corrected chi connectivity index (χ1v) is 11.6. The van der Waals surface area contributed by atoms with Crippen molar-refractivity contribution < 1.29 is 4.42 Å². The van der Waals surface area contributed by atoms with Gasteiger partial charge >= 0.3 is 0 Å². The molecule has 0 aliphatic carbocycles. The Balaban J connectivity index is 1.61. The van der Waals surface area contributed by atoms with Crippen molar-refractivity contribution in [2.45, 2.75) is 39.2 Å². The summed E-state index contributed by atoms with van der Waals surface area (Å²) in [7, 11) is 0. The van der Waals surface area contributed by atoms with Crippen molar-refractivity contribution in [2.24, 2.45) is 0 Å². The number of aromatic nitrogens is 1. The number of fused-ring (bicyclic) bond motifs is 6. The highest BCUT2D eigenvalue weighted by Gasteiger charge is 2.26. The monoisotopic (exact) mass is 417 g/mol. The van der Waals surface area contributed by atoms with Gasteiger partial charge in [-0.15, -0.1) is 0 Å². The summed E-state index contributed by atoms with van der Waals surface area (Å²) in [5, 5.41) is 4.99. The van der Waals surface area contributed by atoms with Gasteiger partial charge < -0.3 is 8.98 Å². The molecule has 0 unspecified atom stereocenters. The second kappa shape index (κ2) is 7.00. The summed E-state index contributed by atoms with van der Waals surface area (Å²) in [5.74, 6) is 0. The van der Waals surface area contributed by atoms with E-state index in [1.807, 2.05) is 12.1 Å². The summed E-state index contributed by atoms with van der Waals surface area (Å²) in [5.41, 5.74) is 7.07. The average molecular weight is 418 g/mol. The number of furan rings is 1. The van der Waals surface area contributed by atoms with E-state index in [1.165, 1.54) is 43.7 Å². The molecule has 2 heteroatoms. The molecule has 0 N–H and O–H groups in total. The van der Waals surface area contributed by atoms with Crippen LogP contribution in [0.2, 0.25) is 0 Å². The van der Waals surface area contributed by atoms with Gasteiger partial charge in [0.05, 0.1) is 0 Å². The van der Waals surface area contributed by atoms with Gasteiger partial charge in [-0.2, -0.15) is 0 Å². The summed E-state index contributed by atoms with van der Waals surface area (Å²) in [6.45, 7) is 6.97. The highest BCUT2D eigenvalue weighted by molar-refractivity contribution is 6.10. The Bertz CT molecular complexity index is 1610. The predicted molar refractivity (Wildman–Crippen MR) is 136 cm³/mol. The first-order chi connectivity index (χ1) is 15.6. The van der Waals surface area contributed by atoms with Gasteiger partial charge in [0, 0.05) is 38.1 Å². The molecule has 158 valence electrons. The molecule has 0 spiro atoms. The number of para-hydroxylation sites is 2. The van der Waals surface area contributed by atoms with Crippen molar-refractivity contribution in [2.75, 3.05) is 0 Å². The Morgan fingerprint density at radius 2 is 1.22 bits per heavy atom. The molecule has 0 atom stereocenters. The van der Waals surface area contributed by atoms with Crippen LogP contribution in [0.1, 0.15) is 33.6 Å². The zero-order valence-electron chi connectivity index (χ0n) is 18.9. The Labute approximate surface area is 188 Å². The van der Waals surface area contributed by atoms with E-state index in [1.54, 1.807) is 0 Å². The molecule has 0 aliphatic heterocycles. The first-order valence-electron chi connectivity index (χ1n) is 11.6. The molecule has 32 heavy (non-hydrogen) atoms. The van der Waals surface area contributed by atoms with E-state index in [4.69, 9.17) is 4.42 Å². The summed E-state index contributed by atoms with van der Waals surface area (Å²) in [6, 6.07) is 30.6. The average Bonchev–Trinajstić information content (AvgIpc) is 3.39. The van der Waals surface area contributed by atoms with Gasteiger partial charge in [-0.05, 0) is 67.3 Å². The van der Waals surface area contributed by atoms with E-state index >= 15 is 0 Å². The fourth-order valence-electron chi connectivity index (χ4n) is 5.21. The van der Waals surface area contributed by atoms with Crippen molar-refractivity contribution >= 4 is 43.7 Å². The molecular formula is C30H27NO. The standard InChI is InChI=1S/C30H27NO/c1-4-30(3,5-2)31-26-12-8-6-10-22(26)24-18-20(14-16-27(24)31)21-15-17-29-25(19-21)23-11-7-9-13-28(23)32-29/h6-19H,4-5H2,1-3H3. The fourth-order valence-corrected chi connectivity index (χ4v) is 5.21. The molecular weight excluding hydrogens is 390 g/mol. The lowest BCUT2D eigenvalue weighted by Crippen LogP contribution is -2.28. The quantitative estimate of drug-likeness (QED) is 0.280. The molecule has 0 amide bonds.